The SMILES string of the molecule is CCOC(=O)Cc1cc(F)c(Br)cc1CCOCc1cc(C#N)ccc1COc1cccc(Cl)n1. The number of carbonyl (C=O) groups excluding carboxylic acids is 1. The van der Waals surface area contributed by atoms with Gasteiger partial charge in [-0.25, -0.2) is 9.37 Å². The fourth-order valence-corrected chi connectivity index (χ4v) is 3.90. The van der Waals surface area contributed by atoms with Gasteiger partial charge in [-0.3, -0.25) is 4.79 Å². The number of aromatic nitrogens is 1. The van der Waals surface area contributed by atoms with Crippen molar-refractivity contribution in [2.75, 3.05) is 13.2 Å². The Morgan fingerprint density at radius 3 is 2.69 bits per heavy atom. The van der Waals surface area contributed by atoms with Gasteiger partial charge in [0.05, 0.1) is 42.3 Å². The first-order valence-corrected chi connectivity index (χ1v) is 12.0. The van der Waals surface area contributed by atoms with Crippen molar-refractivity contribution < 1.29 is 23.4 Å². The Labute approximate surface area is 216 Å². The van der Waals surface area contributed by atoms with Crippen molar-refractivity contribution in [3.8, 4) is 11.9 Å². The molecule has 3 rings (SSSR count). The van der Waals surface area contributed by atoms with Gasteiger partial charge in [0.2, 0.25) is 5.88 Å². The molecule has 0 saturated heterocycles. The summed E-state index contributed by atoms with van der Waals surface area (Å²) in [5, 5.41) is 9.62. The number of esters is 1. The third-order valence-corrected chi connectivity index (χ3v) is 5.87. The molecule has 0 amide bonds. The highest BCUT2D eigenvalue weighted by Gasteiger charge is 2.13. The van der Waals surface area contributed by atoms with Crippen LogP contribution >= 0.6 is 27.5 Å². The molecule has 0 bridgehead atoms. The predicted molar refractivity (Wildman–Crippen MR) is 133 cm³/mol. The van der Waals surface area contributed by atoms with E-state index in [0.717, 1.165) is 16.7 Å². The Balaban J connectivity index is 1.65. The number of halogens is 3. The van der Waals surface area contributed by atoms with E-state index in [1.807, 2.05) is 6.07 Å². The summed E-state index contributed by atoms with van der Waals surface area (Å²) in [7, 11) is 0. The highest BCUT2D eigenvalue weighted by Crippen LogP contribution is 2.23. The maximum absolute atomic E-state index is 14.1. The normalized spacial score (nSPS) is 10.6. The standard InChI is InChI=1S/C26H23BrClFN2O4/c1-2-34-26(32)13-20-12-23(29)22(27)11-18(20)8-9-33-15-21-10-17(14-30)6-7-19(21)16-35-25-5-3-4-24(28)31-25/h3-7,10-12H,2,8-9,13,15-16H2,1H3. The van der Waals surface area contributed by atoms with Gasteiger partial charge >= 0.3 is 5.97 Å². The zero-order valence-corrected chi connectivity index (χ0v) is 21.4. The van der Waals surface area contributed by atoms with Crippen LogP contribution in [0.4, 0.5) is 4.39 Å². The minimum absolute atomic E-state index is 0.0172. The summed E-state index contributed by atoms with van der Waals surface area (Å²) in [5.41, 5.74) is 3.50. The highest BCUT2D eigenvalue weighted by molar-refractivity contribution is 9.10. The number of pyridine rings is 1. The Morgan fingerprint density at radius 2 is 1.94 bits per heavy atom. The summed E-state index contributed by atoms with van der Waals surface area (Å²) < 4.78 is 31.0. The van der Waals surface area contributed by atoms with Gasteiger partial charge in [-0.1, -0.05) is 23.7 Å². The molecule has 0 aliphatic rings. The molecule has 6 nitrogen and oxygen atoms in total. The Bertz CT molecular complexity index is 1230. The van der Waals surface area contributed by atoms with Crippen LogP contribution in [-0.2, 0) is 40.3 Å². The molecular weight excluding hydrogens is 539 g/mol. The lowest BCUT2D eigenvalue weighted by molar-refractivity contribution is -0.142. The quantitative estimate of drug-likeness (QED) is 0.163. The van der Waals surface area contributed by atoms with Crippen molar-refractivity contribution in [2.24, 2.45) is 0 Å². The molecule has 0 aliphatic heterocycles. The minimum atomic E-state index is -0.443. The summed E-state index contributed by atoms with van der Waals surface area (Å²) in [6.07, 6.45) is 0.445. The van der Waals surface area contributed by atoms with E-state index in [1.165, 1.54) is 6.07 Å². The van der Waals surface area contributed by atoms with Crippen LogP contribution in [0.5, 0.6) is 5.88 Å². The number of nitriles is 1. The van der Waals surface area contributed by atoms with Crippen molar-refractivity contribution in [2.45, 2.75) is 33.0 Å². The molecule has 0 radical (unpaired) electrons. The smallest absolute Gasteiger partial charge is 0.310 e. The molecule has 35 heavy (non-hydrogen) atoms. The maximum atomic E-state index is 14.1. The van der Waals surface area contributed by atoms with E-state index in [1.54, 1.807) is 43.3 Å². The van der Waals surface area contributed by atoms with E-state index in [0.29, 0.717) is 39.7 Å². The van der Waals surface area contributed by atoms with E-state index in [4.69, 9.17) is 25.8 Å². The van der Waals surface area contributed by atoms with E-state index < -0.39 is 11.8 Å². The summed E-state index contributed by atoms with van der Waals surface area (Å²) in [6.45, 7) is 2.78. The molecule has 0 N–H and O–H groups in total. The van der Waals surface area contributed by atoms with E-state index >= 15 is 0 Å². The molecule has 182 valence electrons. The molecule has 0 unspecified atom stereocenters. The predicted octanol–water partition coefficient (Wildman–Crippen LogP) is 5.95. The largest absolute Gasteiger partial charge is 0.473 e. The first kappa shape index (κ1) is 26.6. The van der Waals surface area contributed by atoms with Crippen LogP contribution in [0, 0.1) is 17.1 Å². The van der Waals surface area contributed by atoms with Gasteiger partial charge in [0.15, 0.2) is 0 Å². The summed E-state index contributed by atoms with van der Waals surface area (Å²) in [4.78, 5) is 16.0. The van der Waals surface area contributed by atoms with E-state index in [-0.39, 0.29) is 26.2 Å². The fourth-order valence-electron chi connectivity index (χ4n) is 3.35. The third kappa shape index (κ3) is 8.03. The van der Waals surface area contributed by atoms with Crippen LogP contribution in [0.15, 0.2) is 53.0 Å². The lowest BCUT2D eigenvalue weighted by Crippen LogP contribution is -2.11. The zero-order chi connectivity index (χ0) is 25.2. The molecule has 3 aromatic rings. The van der Waals surface area contributed by atoms with Gasteiger partial charge in [0.25, 0.3) is 0 Å². The average Bonchev–Trinajstić information content (AvgIpc) is 2.83. The lowest BCUT2D eigenvalue weighted by Gasteiger charge is -2.13. The molecule has 0 aliphatic carbocycles. The molecule has 2 aromatic carbocycles. The molecule has 0 saturated carbocycles. The van der Waals surface area contributed by atoms with E-state index in [2.05, 4.69) is 27.0 Å². The Kier molecular flexibility index (Phi) is 10.0. The highest BCUT2D eigenvalue weighted by atomic mass is 79.9. The van der Waals surface area contributed by atoms with Crippen molar-refractivity contribution in [3.05, 3.63) is 91.8 Å². The lowest BCUT2D eigenvalue weighted by atomic mass is 10.0. The van der Waals surface area contributed by atoms with E-state index in [9.17, 15) is 14.4 Å². The molecule has 1 aromatic heterocycles. The van der Waals surface area contributed by atoms with Gasteiger partial charge < -0.3 is 14.2 Å². The zero-order valence-electron chi connectivity index (χ0n) is 19.0. The van der Waals surface area contributed by atoms with Gasteiger partial charge in [-0.05, 0) is 81.9 Å². The molecular formula is C26H23BrClFN2O4. The number of hydrogen-bond acceptors (Lipinski definition) is 6. The molecule has 9 heteroatoms. The molecule has 1 heterocycles. The number of nitrogens with zero attached hydrogens (tertiary/aromatic N) is 2. The van der Waals surface area contributed by atoms with Crippen LogP contribution in [-0.4, -0.2) is 24.2 Å². The number of benzene rings is 2. The van der Waals surface area contributed by atoms with Crippen molar-refractivity contribution >= 4 is 33.5 Å². The summed E-state index contributed by atoms with van der Waals surface area (Å²) >= 11 is 9.11. The second kappa shape index (κ2) is 13.2. The fraction of sp³-hybridized carbons (Fsp3) is 0.269. The number of carbonyl (C=O) groups is 1. The van der Waals surface area contributed by atoms with Crippen molar-refractivity contribution in [3.63, 3.8) is 0 Å². The topological polar surface area (TPSA) is 81.4 Å². The van der Waals surface area contributed by atoms with Crippen LogP contribution in [0.25, 0.3) is 0 Å². The van der Waals surface area contributed by atoms with Crippen LogP contribution in [0.1, 0.15) is 34.7 Å². The third-order valence-electron chi connectivity index (χ3n) is 5.06. The number of rotatable bonds is 11. The Morgan fingerprint density at radius 1 is 1.11 bits per heavy atom. The number of ether oxygens (including phenoxy) is 3. The van der Waals surface area contributed by atoms with Gasteiger partial charge in [0.1, 0.15) is 17.6 Å². The van der Waals surface area contributed by atoms with Gasteiger partial charge in [0, 0.05) is 6.07 Å². The van der Waals surface area contributed by atoms with Crippen LogP contribution in [0.3, 0.4) is 0 Å². The second-order valence-electron chi connectivity index (χ2n) is 7.50. The average molecular weight is 562 g/mol. The maximum Gasteiger partial charge on any atom is 0.310 e. The monoisotopic (exact) mass is 560 g/mol. The molecule has 0 fully saturated rings. The first-order chi connectivity index (χ1) is 16.9. The van der Waals surface area contributed by atoms with Crippen LogP contribution < -0.4 is 4.74 Å². The summed E-state index contributed by atoms with van der Waals surface area (Å²) in [5.74, 6) is -0.464. The van der Waals surface area contributed by atoms with Crippen molar-refractivity contribution in [1.29, 1.82) is 5.26 Å². The number of hydrogen-bond donors (Lipinski definition) is 0. The molecule has 0 atom stereocenters. The molecule has 0 spiro atoms. The second-order valence-corrected chi connectivity index (χ2v) is 8.74. The van der Waals surface area contributed by atoms with Crippen LogP contribution in [0.2, 0.25) is 5.15 Å². The Hall–Kier alpha value is -2.99. The van der Waals surface area contributed by atoms with Crippen molar-refractivity contribution in [1.82, 2.24) is 4.98 Å². The van der Waals surface area contributed by atoms with Gasteiger partial charge in [-0.15, -0.1) is 0 Å². The first-order valence-electron chi connectivity index (χ1n) is 10.9. The summed E-state index contributed by atoms with van der Waals surface area (Å²) in [6, 6.07) is 15.5. The minimum Gasteiger partial charge on any atom is -0.473 e. The van der Waals surface area contributed by atoms with Gasteiger partial charge in [-0.2, -0.15) is 5.26 Å².